The summed E-state index contributed by atoms with van der Waals surface area (Å²) in [5, 5.41) is 9.58. The second-order valence-corrected chi connectivity index (χ2v) is 8.79. The Bertz CT molecular complexity index is 1120. The van der Waals surface area contributed by atoms with Gasteiger partial charge in [0.15, 0.2) is 0 Å². The van der Waals surface area contributed by atoms with Crippen molar-refractivity contribution in [3.63, 3.8) is 0 Å². The molecule has 0 spiro atoms. The van der Waals surface area contributed by atoms with E-state index in [0.29, 0.717) is 34.7 Å². The summed E-state index contributed by atoms with van der Waals surface area (Å²) in [6.45, 7) is 2.63. The molecule has 2 aromatic carbocycles. The van der Waals surface area contributed by atoms with Crippen molar-refractivity contribution in [1.82, 2.24) is 20.6 Å². The molecule has 1 fully saturated rings. The molecule has 0 atom stereocenters. The van der Waals surface area contributed by atoms with E-state index < -0.39 is 0 Å². The van der Waals surface area contributed by atoms with Gasteiger partial charge in [-0.3, -0.25) is 9.59 Å². The van der Waals surface area contributed by atoms with Crippen LogP contribution in [0.4, 0.5) is 11.6 Å². The first kappa shape index (κ1) is 22.1. The number of hydrogen-bond acceptors (Lipinski definition) is 4. The Morgan fingerprint density at radius 1 is 1.09 bits per heavy atom. The zero-order chi connectivity index (χ0) is 22.5. The first-order chi connectivity index (χ1) is 15.5. The average Bonchev–Trinajstić information content (AvgIpc) is 3.20. The predicted molar refractivity (Wildman–Crippen MR) is 127 cm³/mol. The number of amides is 2. The normalized spacial score (nSPS) is 14.3. The molecule has 8 heteroatoms. The minimum absolute atomic E-state index is 0.0599. The molecule has 4 rings (SSSR count). The van der Waals surface area contributed by atoms with E-state index in [1.165, 1.54) is 39.0 Å². The highest BCUT2D eigenvalue weighted by Crippen LogP contribution is 2.27. The Morgan fingerprint density at radius 2 is 1.91 bits per heavy atom. The van der Waals surface area contributed by atoms with Crippen molar-refractivity contribution in [2.75, 3.05) is 11.9 Å². The van der Waals surface area contributed by atoms with Crippen LogP contribution in [0.3, 0.4) is 0 Å². The molecule has 1 saturated carbocycles. The van der Waals surface area contributed by atoms with Crippen LogP contribution in [-0.2, 0) is 11.3 Å². The fraction of sp³-hybridized carbons (Fsp3) is 0.375. The molecular weight excluding hydrogens is 426 g/mol. The van der Waals surface area contributed by atoms with Crippen LogP contribution in [0, 0.1) is 5.92 Å². The highest BCUT2D eigenvalue weighted by atomic mass is 35.5. The van der Waals surface area contributed by atoms with Gasteiger partial charge >= 0.3 is 0 Å². The third-order valence-electron chi connectivity index (χ3n) is 5.85. The van der Waals surface area contributed by atoms with E-state index in [-0.39, 0.29) is 11.8 Å². The maximum atomic E-state index is 12.6. The number of imidazole rings is 1. The van der Waals surface area contributed by atoms with E-state index >= 15 is 0 Å². The van der Waals surface area contributed by atoms with Gasteiger partial charge in [0.2, 0.25) is 11.9 Å². The summed E-state index contributed by atoms with van der Waals surface area (Å²) in [7, 11) is 0. The number of nitrogens with zero attached hydrogens (tertiary/aromatic N) is 1. The molecule has 1 heterocycles. The van der Waals surface area contributed by atoms with Gasteiger partial charge < -0.3 is 20.9 Å². The van der Waals surface area contributed by atoms with E-state index in [9.17, 15) is 9.59 Å². The maximum Gasteiger partial charge on any atom is 0.251 e. The lowest BCUT2D eigenvalue weighted by Crippen LogP contribution is -2.30. The van der Waals surface area contributed by atoms with E-state index in [0.717, 1.165) is 23.1 Å². The van der Waals surface area contributed by atoms with Crippen LogP contribution in [-0.4, -0.2) is 28.3 Å². The number of rotatable bonds is 7. The second kappa shape index (κ2) is 10.0. The molecular formula is C24H28ClN5O2. The monoisotopic (exact) mass is 453 g/mol. The van der Waals surface area contributed by atoms with Gasteiger partial charge in [0.05, 0.1) is 21.7 Å². The molecule has 168 valence electrons. The molecule has 1 aliphatic carbocycles. The molecule has 32 heavy (non-hydrogen) atoms. The summed E-state index contributed by atoms with van der Waals surface area (Å²) in [5.41, 5.74) is 3.73. The van der Waals surface area contributed by atoms with Crippen molar-refractivity contribution >= 4 is 46.1 Å². The minimum Gasteiger partial charge on any atom is -0.352 e. The van der Waals surface area contributed by atoms with E-state index in [2.05, 4.69) is 25.9 Å². The smallest absolute Gasteiger partial charge is 0.251 e. The second-order valence-electron chi connectivity index (χ2n) is 8.38. The molecule has 0 saturated heterocycles. The molecule has 0 unspecified atom stereocenters. The summed E-state index contributed by atoms with van der Waals surface area (Å²) in [6, 6.07) is 11.0. The van der Waals surface area contributed by atoms with Gasteiger partial charge in [-0.2, -0.15) is 0 Å². The van der Waals surface area contributed by atoms with Gasteiger partial charge in [-0.05, 0) is 54.7 Å². The summed E-state index contributed by atoms with van der Waals surface area (Å²) in [6.07, 6.45) is 6.22. The van der Waals surface area contributed by atoms with Crippen molar-refractivity contribution in [3.8, 4) is 0 Å². The Morgan fingerprint density at radius 3 is 2.69 bits per heavy atom. The molecule has 0 aliphatic heterocycles. The van der Waals surface area contributed by atoms with Crippen molar-refractivity contribution in [2.24, 2.45) is 5.92 Å². The number of aromatic amines is 1. The van der Waals surface area contributed by atoms with E-state index in [1.807, 2.05) is 24.3 Å². The van der Waals surface area contributed by atoms with Crippen LogP contribution in [0.2, 0.25) is 5.02 Å². The summed E-state index contributed by atoms with van der Waals surface area (Å²) < 4.78 is 0. The van der Waals surface area contributed by atoms with Gasteiger partial charge in [-0.15, -0.1) is 0 Å². The van der Waals surface area contributed by atoms with E-state index in [4.69, 9.17) is 11.6 Å². The fourth-order valence-corrected chi connectivity index (χ4v) is 4.24. The zero-order valence-electron chi connectivity index (χ0n) is 18.1. The number of carbonyl (C=O) groups is 2. The van der Waals surface area contributed by atoms with E-state index in [1.54, 1.807) is 12.1 Å². The quantitative estimate of drug-likeness (QED) is 0.408. The van der Waals surface area contributed by atoms with Crippen LogP contribution in [0.25, 0.3) is 11.0 Å². The fourth-order valence-electron chi connectivity index (χ4n) is 4.07. The number of hydrogen-bond donors (Lipinski definition) is 4. The standard InChI is InChI=1S/C24H28ClN5O2/c1-15(31)26-14-17-7-9-19(25)21(11-17)29-24-28-20-10-8-18(12-22(20)30-24)23(32)27-13-16-5-3-2-4-6-16/h7-12,16H,2-6,13-14H2,1H3,(H,26,31)(H,27,32)(H2,28,29,30). The van der Waals surface area contributed by atoms with Crippen LogP contribution in [0.5, 0.6) is 0 Å². The van der Waals surface area contributed by atoms with Gasteiger partial charge in [0.25, 0.3) is 5.91 Å². The Labute approximate surface area is 192 Å². The van der Waals surface area contributed by atoms with Gasteiger partial charge in [0.1, 0.15) is 0 Å². The highest BCUT2D eigenvalue weighted by Gasteiger charge is 2.15. The molecule has 4 N–H and O–H groups in total. The molecule has 3 aromatic rings. The summed E-state index contributed by atoms with van der Waals surface area (Å²) >= 11 is 6.33. The highest BCUT2D eigenvalue weighted by molar-refractivity contribution is 6.33. The third kappa shape index (κ3) is 5.59. The zero-order valence-corrected chi connectivity index (χ0v) is 18.9. The maximum absolute atomic E-state index is 12.6. The average molecular weight is 454 g/mol. The van der Waals surface area contributed by atoms with Crippen LogP contribution in [0.1, 0.15) is 54.9 Å². The number of anilines is 2. The number of nitrogens with one attached hydrogen (secondary N) is 4. The lowest BCUT2D eigenvalue weighted by molar-refractivity contribution is -0.119. The van der Waals surface area contributed by atoms with Gasteiger partial charge in [-0.1, -0.05) is 36.9 Å². The molecule has 2 amide bonds. The van der Waals surface area contributed by atoms with Crippen LogP contribution >= 0.6 is 11.6 Å². The number of carbonyl (C=O) groups excluding carboxylic acids is 2. The molecule has 0 bridgehead atoms. The minimum atomic E-state index is -0.0923. The first-order valence-electron chi connectivity index (χ1n) is 11.1. The number of aromatic nitrogens is 2. The third-order valence-corrected chi connectivity index (χ3v) is 6.17. The number of H-pyrrole nitrogens is 1. The number of halogens is 1. The van der Waals surface area contributed by atoms with Crippen LogP contribution < -0.4 is 16.0 Å². The predicted octanol–water partition coefficient (Wildman–Crippen LogP) is 4.91. The Hall–Kier alpha value is -3.06. The van der Waals surface area contributed by atoms with Crippen molar-refractivity contribution in [2.45, 2.75) is 45.6 Å². The molecule has 1 aromatic heterocycles. The Balaban J connectivity index is 1.44. The Kier molecular flexibility index (Phi) is 6.95. The lowest BCUT2D eigenvalue weighted by Gasteiger charge is -2.21. The number of benzene rings is 2. The van der Waals surface area contributed by atoms with Crippen molar-refractivity contribution in [3.05, 3.63) is 52.5 Å². The van der Waals surface area contributed by atoms with Gasteiger partial charge in [0, 0.05) is 25.6 Å². The van der Waals surface area contributed by atoms with Crippen molar-refractivity contribution in [1.29, 1.82) is 0 Å². The van der Waals surface area contributed by atoms with Crippen LogP contribution in [0.15, 0.2) is 36.4 Å². The SMILES string of the molecule is CC(=O)NCc1ccc(Cl)c(Nc2nc3ccc(C(=O)NCC4CCCCC4)cc3[nH]2)c1. The summed E-state index contributed by atoms with van der Waals surface area (Å²) in [4.78, 5) is 31.5. The lowest BCUT2D eigenvalue weighted by atomic mass is 9.89. The number of fused-ring (bicyclic) bond motifs is 1. The van der Waals surface area contributed by atoms with Gasteiger partial charge in [-0.25, -0.2) is 4.98 Å². The first-order valence-corrected chi connectivity index (χ1v) is 11.4. The topological polar surface area (TPSA) is 98.9 Å². The van der Waals surface area contributed by atoms with Crippen molar-refractivity contribution < 1.29 is 9.59 Å². The molecule has 0 radical (unpaired) electrons. The largest absolute Gasteiger partial charge is 0.352 e. The summed E-state index contributed by atoms with van der Waals surface area (Å²) in [5.74, 6) is 0.963. The molecule has 7 nitrogen and oxygen atoms in total. The molecule has 1 aliphatic rings.